The lowest BCUT2D eigenvalue weighted by atomic mass is 10.2. The summed E-state index contributed by atoms with van der Waals surface area (Å²) in [5.41, 5.74) is 2.35. The lowest BCUT2D eigenvalue weighted by molar-refractivity contribution is -0.0976. The minimum Gasteiger partial charge on any atom is -0.394 e. The molecule has 0 spiro atoms. The Labute approximate surface area is 108 Å². The highest BCUT2D eigenvalue weighted by Crippen LogP contribution is 2.14. The molecule has 1 aliphatic rings. The van der Waals surface area contributed by atoms with Gasteiger partial charge >= 0.3 is 0 Å². The first-order valence-corrected chi connectivity index (χ1v) is 6.62. The first kappa shape index (κ1) is 13.5. The molecule has 1 aliphatic heterocycles. The quantitative estimate of drug-likeness (QED) is 0.852. The van der Waals surface area contributed by atoms with E-state index in [9.17, 15) is 5.11 Å². The van der Waals surface area contributed by atoms with Crippen LogP contribution in [0.1, 0.15) is 25.2 Å². The third-order valence-corrected chi connectivity index (χ3v) is 3.38. The van der Waals surface area contributed by atoms with Crippen molar-refractivity contribution < 1.29 is 9.84 Å². The van der Waals surface area contributed by atoms with Crippen LogP contribution in [0.2, 0.25) is 0 Å². The molecule has 0 saturated carbocycles. The molecule has 18 heavy (non-hydrogen) atoms. The summed E-state index contributed by atoms with van der Waals surface area (Å²) in [6.45, 7) is 6.82. The lowest BCUT2D eigenvalue weighted by Crippen LogP contribution is -2.47. The average Bonchev–Trinajstić information content (AvgIpc) is 2.69. The zero-order valence-corrected chi connectivity index (χ0v) is 11.5. The van der Waals surface area contributed by atoms with Crippen molar-refractivity contribution in [2.75, 3.05) is 19.7 Å². The molecule has 1 fully saturated rings. The zero-order chi connectivity index (χ0) is 13.1. The van der Waals surface area contributed by atoms with Crippen molar-refractivity contribution in [3.8, 4) is 0 Å². The molecule has 5 nitrogen and oxygen atoms in total. The van der Waals surface area contributed by atoms with Gasteiger partial charge in [-0.3, -0.25) is 9.58 Å². The summed E-state index contributed by atoms with van der Waals surface area (Å²) >= 11 is 0. The number of hydrogen-bond donors (Lipinski definition) is 1. The fraction of sp³-hybridized carbons (Fsp3) is 0.769. The van der Waals surface area contributed by atoms with Crippen LogP contribution in [0, 0.1) is 0 Å². The molecule has 0 amide bonds. The minimum atomic E-state index is -0.0624. The van der Waals surface area contributed by atoms with Gasteiger partial charge < -0.3 is 9.84 Å². The molecule has 2 atom stereocenters. The van der Waals surface area contributed by atoms with Gasteiger partial charge in [0.05, 0.1) is 30.2 Å². The smallest absolute Gasteiger partial charge is 0.0936 e. The van der Waals surface area contributed by atoms with Gasteiger partial charge in [-0.1, -0.05) is 6.92 Å². The van der Waals surface area contributed by atoms with Crippen LogP contribution in [0.3, 0.4) is 0 Å². The van der Waals surface area contributed by atoms with Gasteiger partial charge in [-0.2, -0.15) is 5.10 Å². The Morgan fingerprint density at radius 1 is 1.50 bits per heavy atom. The summed E-state index contributed by atoms with van der Waals surface area (Å²) in [5.74, 6) is 0. The molecule has 2 rings (SSSR count). The van der Waals surface area contributed by atoms with E-state index in [1.165, 1.54) is 5.69 Å². The monoisotopic (exact) mass is 253 g/mol. The van der Waals surface area contributed by atoms with E-state index in [1.54, 1.807) is 0 Å². The number of aryl methyl sites for hydroxylation is 2. The number of rotatable bonds is 4. The van der Waals surface area contributed by atoms with Crippen LogP contribution in [0.15, 0.2) is 6.07 Å². The van der Waals surface area contributed by atoms with Crippen LogP contribution in [0.5, 0.6) is 0 Å². The second-order valence-electron chi connectivity index (χ2n) is 5.05. The van der Waals surface area contributed by atoms with Gasteiger partial charge in [0.25, 0.3) is 0 Å². The van der Waals surface area contributed by atoms with Crippen LogP contribution < -0.4 is 0 Å². The predicted molar refractivity (Wildman–Crippen MR) is 69.3 cm³/mol. The van der Waals surface area contributed by atoms with Crippen LogP contribution in [0.25, 0.3) is 0 Å². The van der Waals surface area contributed by atoms with Crippen molar-refractivity contribution in [2.24, 2.45) is 7.05 Å². The standard InChI is InChI=1S/C13H23N3O2/c1-4-11-5-12(15(3)14-11)7-16-6-10(2)18-13(8-16)9-17/h5,10,13,17H,4,6-9H2,1-3H3. The summed E-state index contributed by atoms with van der Waals surface area (Å²) in [4.78, 5) is 2.32. The fourth-order valence-corrected chi connectivity index (χ4v) is 2.49. The zero-order valence-electron chi connectivity index (χ0n) is 11.5. The second kappa shape index (κ2) is 5.82. The van der Waals surface area contributed by atoms with E-state index >= 15 is 0 Å². The Bertz CT molecular complexity index is 392. The van der Waals surface area contributed by atoms with E-state index in [2.05, 4.69) is 29.9 Å². The van der Waals surface area contributed by atoms with Crippen LogP contribution in [-0.4, -0.2) is 51.7 Å². The number of morpholine rings is 1. The van der Waals surface area contributed by atoms with Crippen molar-refractivity contribution in [1.29, 1.82) is 0 Å². The number of aliphatic hydroxyl groups is 1. The van der Waals surface area contributed by atoms with E-state index in [0.717, 1.165) is 31.7 Å². The molecule has 2 heterocycles. The number of ether oxygens (including phenoxy) is 1. The summed E-state index contributed by atoms with van der Waals surface area (Å²) in [5, 5.41) is 13.7. The van der Waals surface area contributed by atoms with E-state index < -0.39 is 0 Å². The molecule has 0 aliphatic carbocycles. The third-order valence-electron chi connectivity index (χ3n) is 3.38. The van der Waals surface area contributed by atoms with Crippen molar-refractivity contribution in [3.63, 3.8) is 0 Å². The summed E-state index contributed by atoms with van der Waals surface area (Å²) in [7, 11) is 1.99. The Balaban J connectivity index is 2.01. The summed E-state index contributed by atoms with van der Waals surface area (Å²) < 4.78 is 7.60. The van der Waals surface area contributed by atoms with Crippen LogP contribution >= 0.6 is 0 Å². The highest BCUT2D eigenvalue weighted by atomic mass is 16.5. The highest BCUT2D eigenvalue weighted by molar-refractivity contribution is 5.10. The lowest BCUT2D eigenvalue weighted by Gasteiger charge is -2.35. The predicted octanol–water partition coefficient (Wildman–Crippen LogP) is 0.564. The molecule has 5 heteroatoms. The van der Waals surface area contributed by atoms with Gasteiger partial charge in [-0.25, -0.2) is 0 Å². The SMILES string of the molecule is CCc1cc(CN2CC(C)OC(CO)C2)n(C)n1. The van der Waals surface area contributed by atoms with Gasteiger partial charge in [0.2, 0.25) is 0 Å². The van der Waals surface area contributed by atoms with Crippen molar-refractivity contribution >= 4 is 0 Å². The summed E-state index contributed by atoms with van der Waals surface area (Å²) in [6, 6.07) is 2.16. The number of nitrogens with zero attached hydrogens (tertiary/aromatic N) is 3. The maximum atomic E-state index is 9.22. The Morgan fingerprint density at radius 2 is 2.28 bits per heavy atom. The van der Waals surface area contributed by atoms with Gasteiger partial charge in [-0.15, -0.1) is 0 Å². The normalized spacial score (nSPS) is 25.6. The van der Waals surface area contributed by atoms with Crippen molar-refractivity contribution in [2.45, 2.75) is 39.0 Å². The van der Waals surface area contributed by atoms with E-state index in [4.69, 9.17) is 4.74 Å². The number of aliphatic hydroxyl groups excluding tert-OH is 1. The van der Waals surface area contributed by atoms with Gasteiger partial charge in [0, 0.05) is 26.7 Å². The van der Waals surface area contributed by atoms with E-state index in [1.807, 2.05) is 11.7 Å². The van der Waals surface area contributed by atoms with E-state index in [-0.39, 0.29) is 18.8 Å². The van der Waals surface area contributed by atoms with Crippen LogP contribution in [-0.2, 0) is 24.8 Å². The molecule has 2 unspecified atom stereocenters. The second-order valence-corrected chi connectivity index (χ2v) is 5.05. The molecule has 0 radical (unpaired) electrons. The minimum absolute atomic E-state index is 0.0624. The van der Waals surface area contributed by atoms with Crippen molar-refractivity contribution in [1.82, 2.24) is 14.7 Å². The molecule has 1 N–H and O–H groups in total. The fourth-order valence-electron chi connectivity index (χ4n) is 2.49. The molecule has 102 valence electrons. The maximum Gasteiger partial charge on any atom is 0.0936 e. The topological polar surface area (TPSA) is 50.5 Å². The average molecular weight is 253 g/mol. The Hall–Kier alpha value is -0.910. The Kier molecular flexibility index (Phi) is 4.37. The molecule has 0 aromatic carbocycles. The molecular weight excluding hydrogens is 230 g/mol. The third kappa shape index (κ3) is 3.10. The number of hydrogen-bond acceptors (Lipinski definition) is 4. The van der Waals surface area contributed by atoms with E-state index in [0.29, 0.717) is 0 Å². The highest BCUT2D eigenvalue weighted by Gasteiger charge is 2.25. The van der Waals surface area contributed by atoms with Gasteiger partial charge in [0.1, 0.15) is 0 Å². The molecule has 1 aromatic rings. The first-order valence-electron chi connectivity index (χ1n) is 6.62. The Morgan fingerprint density at radius 3 is 2.89 bits per heavy atom. The molecular formula is C13H23N3O2. The van der Waals surface area contributed by atoms with Gasteiger partial charge in [-0.05, 0) is 19.4 Å². The van der Waals surface area contributed by atoms with Gasteiger partial charge in [0.15, 0.2) is 0 Å². The first-order chi connectivity index (χ1) is 8.62. The molecule has 1 saturated heterocycles. The molecule has 1 aromatic heterocycles. The van der Waals surface area contributed by atoms with Crippen LogP contribution in [0.4, 0.5) is 0 Å². The number of aromatic nitrogens is 2. The maximum absolute atomic E-state index is 9.22. The largest absolute Gasteiger partial charge is 0.394 e. The summed E-state index contributed by atoms with van der Waals surface area (Å²) in [6.07, 6.45) is 1.08. The van der Waals surface area contributed by atoms with Crippen molar-refractivity contribution in [3.05, 3.63) is 17.5 Å². The molecule has 0 bridgehead atoms.